The van der Waals surface area contributed by atoms with Crippen LogP contribution in [0.3, 0.4) is 0 Å². The maximum Gasteiger partial charge on any atom is 0.238 e. The molecule has 1 fully saturated rings. The highest BCUT2D eigenvalue weighted by Crippen LogP contribution is 2.21. The Labute approximate surface area is 123 Å². The van der Waals surface area contributed by atoms with Gasteiger partial charge in [-0.2, -0.15) is 0 Å². The highest BCUT2D eigenvalue weighted by molar-refractivity contribution is 7.93. The number of carbonyl (C=O) groups excluding carboxylic acids is 1. The molecule has 118 valence electrons. The predicted molar refractivity (Wildman–Crippen MR) is 82.3 cm³/mol. The van der Waals surface area contributed by atoms with E-state index in [1.54, 1.807) is 13.8 Å². The Morgan fingerprint density at radius 2 is 1.55 bits per heavy atom. The van der Waals surface area contributed by atoms with E-state index in [4.69, 9.17) is 0 Å². The number of sulfone groups is 1. The molecular formula is C15H29NO3S. The second-order valence-electron chi connectivity index (χ2n) is 6.24. The first-order chi connectivity index (χ1) is 9.35. The maximum atomic E-state index is 12.0. The van der Waals surface area contributed by atoms with Crippen molar-refractivity contribution in [3.8, 4) is 0 Å². The summed E-state index contributed by atoms with van der Waals surface area (Å²) in [4.78, 5) is 12.0. The molecular weight excluding hydrogens is 274 g/mol. The molecule has 4 nitrogen and oxygen atoms in total. The Kier molecular flexibility index (Phi) is 7.00. The molecule has 0 heterocycles. The smallest absolute Gasteiger partial charge is 0.238 e. The van der Waals surface area contributed by atoms with Gasteiger partial charge in [-0.1, -0.05) is 32.1 Å². The van der Waals surface area contributed by atoms with E-state index in [1.807, 2.05) is 0 Å². The summed E-state index contributed by atoms with van der Waals surface area (Å²) in [5.74, 6) is 0.161. The van der Waals surface area contributed by atoms with E-state index in [0.29, 0.717) is 12.5 Å². The molecule has 1 saturated carbocycles. The molecule has 5 heteroatoms. The molecule has 0 radical (unpaired) electrons. The minimum Gasteiger partial charge on any atom is -0.355 e. The number of amides is 1. The number of rotatable bonds is 5. The normalized spacial score (nSPS) is 20.2. The SMILES string of the molecule is CC(C)S(=O)(=O)C(C)C(=O)NCC1CCCCCCC1. The van der Waals surface area contributed by atoms with Crippen molar-refractivity contribution in [3.63, 3.8) is 0 Å². The van der Waals surface area contributed by atoms with E-state index in [2.05, 4.69) is 5.32 Å². The average molecular weight is 303 g/mol. The monoisotopic (exact) mass is 303 g/mol. The van der Waals surface area contributed by atoms with Gasteiger partial charge in [-0.05, 0) is 39.5 Å². The molecule has 0 spiro atoms. The molecule has 1 rings (SSSR count). The van der Waals surface area contributed by atoms with Crippen LogP contribution in [0.25, 0.3) is 0 Å². The molecule has 0 aliphatic heterocycles. The quantitative estimate of drug-likeness (QED) is 0.849. The van der Waals surface area contributed by atoms with Crippen LogP contribution in [0.4, 0.5) is 0 Å². The summed E-state index contributed by atoms with van der Waals surface area (Å²) in [6, 6.07) is 0. The molecule has 0 aromatic heterocycles. The first-order valence-corrected chi connectivity index (χ1v) is 9.47. The van der Waals surface area contributed by atoms with Gasteiger partial charge in [0.15, 0.2) is 9.84 Å². The first-order valence-electron chi connectivity index (χ1n) is 7.86. The van der Waals surface area contributed by atoms with Gasteiger partial charge >= 0.3 is 0 Å². The van der Waals surface area contributed by atoms with Crippen LogP contribution in [0, 0.1) is 5.92 Å². The van der Waals surface area contributed by atoms with Crippen LogP contribution >= 0.6 is 0 Å². The zero-order valence-corrected chi connectivity index (χ0v) is 13.8. The van der Waals surface area contributed by atoms with E-state index >= 15 is 0 Å². The van der Waals surface area contributed by atoms with Gasteiger partial charge in [-0.25, -0.2) is 8.42 Å². The molecule has 0 aromatic carbocycles. The van der Waals surface area contributed by atoms with Crippen molar-refractivity contribution >= 4 is 15.7 Å². The van der Waals surface area contributed by atoms with Gasteiger partial charge in [0.05, 0.1) is 5.25 Å². The summed E-state index contributed by atoms with van der Waals surface area (Å²) >= 11 is 0. The largest absolute Gasteiger partial charge is 0.355 e. The highest BCUT2D eigenvalue weighted by Gasteiger charge is 2.30. The average Bonchev–Trinajstić information content (AvgIpc) is 2.35. The summed E-state index contributed by atoms with van der Waals surface area (Å²) < 4.78 is 23.9. The van der Waals surface area contributed by atoms with E-state index in [0.717, 1.165) is 12.8 Å². The minimum absolute atomic E-state index is 0.347. The lowest BCUT2D eigenvalue weighted by Crippen LogP contribution is -2.42. The second-order valence-corrected chi connectivity index (χ2v) is 9.06. The fourth-order valence-corrected chi connectivity index (χ4v) is 3.89. The summed E-state index contributed by atoms with van der Waals surface area (Å²) in [5, 5.41) is 1.39. The molecule has 0 aromatic rings. The van der Waals surface area contributed by atoms with Gasteiger partial charge in [0.2, 0.25) is 5.91 Å². The number of nitrogens with one attached hydrogen (secondary N) is 1. The van der Waals surface area contributed by atoms with Crippen molar-refractivity contribution in [1.29, 1.82) is 0 Å². The van der Waals surface area contributed by atoms with Crippen molar-refractivity contribution in [2.45, 2.75) is 76.2 Å². The third-order valence-electron chi connectivity index (χ3n) is 4.31. The molecule has 1 atom stereocenters. The Bertz CT molecular complexity index is 395. The van der Waals surface area contributed by atoms with Crippen LogP contribution < -0.4 is 5.32 Å². The summed E-state index contributed by atoms with van der Waals surface area (Å²) in [6.45, 7) is 5.35. The molecule has 1 amide bonds. The third kappa shape index (κ3) is 5.08. The molecule has 0 saturated heterocycles. The van der Waals surface area contributed by atoms with E-state index in [9.17, 15) is 13.2 Å². The Morgan fingerprint density at radius 3 is 2.05 bits per heavy atom. The van der Waals surface area contributed by atoms with Crippen molar-refractivity contribution in [1.82, 2.24) is 5.32 Å². The van der Waals surface area contributed by atoms with Crippen molar-refractivity contribution in [3.05, 3.63) is 0 Å². The van der Waals surface area contributed by atoms with Crippen molar-refractivity contribution in [2.24, 2.45) is 5.92 Å². The van der Waals surface area contributed by atoms with Crippen LogP contribution in [-0.4, -0.2) is 31.4 Å². The minimum atomic E-state index is -3.35. The van der Waals surface area contributed by atoms with E-state index in [1.165, 1.54) is 39.0 Å². The molecule has 1 aliphatic carbocycles. The molecule has 1 N–H and O–H groups in total. The van der Waals surface area contributed by atoms with Gasteiger partial charge < -0.3 is 5.32 Å². The molecule has 20 heavy (non-hydrogen) atoms. The first kappa shape index (κ1) is 17.5. The van der Waals surface area contributed by atoms with Crippen LogP contribution in [0.2, 0.25) is 0 Å². The van der Waals surface area contributed by atoms with E-state index < -0.39 is 20.3 Å². The van der Waals surface area contributed by atoms with Crippen LogP contribution in [0.15, 0.2) is 0 Å². The predicted octanol–water partition coefficient (Wildman–Crippen LogP) is 2.67. The zero-order valence-electron chi connectivity index (χ0n) is 13.0. The lowest BCUT2D eigenvalue weighted by molar-refractivity contribution is -0.120. The topological polar surface area (TPSA) is 63.2 Å². The molecule has 1 unspecified atom stereocenters. The van der Waals surface area contributed by atoms with Crippen LogP contribution in [0.1, 0.15) is 65.7 Å². The standard InChI is InChI=1S/C15H29NO3S/c1-12(2)20(18,19)13(3)15(17)16-11-14-9-7-5-4-6-8-10-14/h12-14H,4-11H2,1-3H3,(H,16,17). The number of hydrogen-bond donors (Lipinski definition) is 1. The van der Waals surface area contributed by atoms with Gasteiger partial charge in [0.1, 0.15) is 5.25 Å². The van der Waals surface area contributed by atoms with Crippen molar-refractivity contribution < 1.29 is 13.2 Å². The van der Waals surface area contributed by atoms with Gasteiger partial charge in [0.25, 0.3) is 0 Å². The lowest BCUT2D eigenvalue weighted by atomic mass is 9.91. The summed E-state index contributed by atoms with van der Waals surface area (Å²) in [5.41, 5.74) is 0. The Morgan fingerprint density at radius 1 is 1.05 bits per heavy atom. The van der Waals surface area contributed by atoms with Gasteiger partial charge in [0, 0.05) is 6.54 Å². The number of carbonyl (C=O) groups is 1. The Hall–Kier alpha value is -0.580. The summed E-state index contributed by atoms with van der Waals surface area (Å²) in [7, 11) is -3.35. The van der Waals surface area contributed by atoms with Gasteiger partial charge in [-0.15, -0.1) is 0 Å². The second kappa shape index (κ2) is 8.01. The fourth-order valence-electron chi connectivity index (χ4n) is 2.69. The van der Waals surface area contributed by atoms with Crippen LogP contribution in [-0.2, 0) is 14.6 Å². The third-order valence-corrected chi connectivity index (χ3v) is 6.82. The maximum absolute atomic E-state index is 12.0. The van der Waals surface area contributed by atoms with E-state index in [-0.39, 0.29) is 5.91 Å². The zero-order chi connectivity index (χ0) is 15.2. The molecule has 1 aliphatic rings. The lowest BCUT2D eigenvalue weighted by Gasteiger charge is -2.21. The molecule has 0 bridgehead atoms. The highest BCUT2D eigenvalue weighted by atomic mass is 32.2. The summed E-state index contributed by atoms with van der Waals surface area (Å²) in [6.07, 6.45) is 8.62. The van der Waals surface area contributed by atoms with Crippen molar-refractivity contribution in [2.75, 3.05) is 6.54 Å². The Balaban J connectivity index is 2.45. The number of hydrogen-bond acceptors (Lipinski definition) is 3. The fraction of sp³-hybridized carbons (Fsp3) is 0.933. The van der Waals surface area contributed by atoms with Crippen LogP contribution in [0.5, 0.6) is 0 Å². The van der Waals surface area contributed by atoms with Gasteiger partial charge in [-0.3, -0.25) is 4.79 Å².